The lowest BCUT2D eigenvalue weighted by molar-refractivity contribution is -0.113. The molecule has 15 heavy (non-hydrogen) atoms. The Balaban J connectivity index is 3.10. The summed E-state index contributed by atoms with van der Waals surface area (Å²) in [5.74, 6) is -0.180. The fourth-order valence-corrected chi connectivity index (χ4v) is 1.48. The van der Waals surface area contributed by atoms with Gasteiger partial charge in [-0.1, -0.05) is 15.9 Å². The minimum atomic E-state index is -0.544. The van der Waals surface area contributed by atoms with Crippen LogP contribution in [0.15, 0.2) is 22.7 Å². The smallest absolute Gasteiger partial charge is 0.241 e. The summed E-state index contributed by atoms with van der Waals surface area (Å²) in [6.07, 6.45) is 2.72. The van der Waals surface area contributed by atoms with Crippen LogP contribution in [0.1, 0.15) is 5.56 Å². The van der Waals surface area contributed by atoms with Gasteiger partial charge in [0.15, 0.2) is 11.5 Å². The first-order valence-electron chi connectivity index (χ1n) is 4.08. The number of benzene rings is 1. The first kappa shape index (κ1) is 11.6. The Labute approximate surface area is 95.5 Å². The Morgan fingerprint density at radius 3 is 2.80 bits per heavy atom. The van der Waals surface area contributed by atoms with Gasteiger partial charge in [0.05, 0.1) is 7.11 Å². The number of ether oxygens (including phenoxy) is 1. The lowest BCUT2D eigenvalue weighted by Gasteiger charge is -2.05. The van der Waals surface area contributed by atoms with Crippen molar-refractivity contribution in [3.8, 4) is 11.5 Å². The highest BCUT2D eigenvalue weighted by Gasteiger charge is 2.05. The molecule has 4 nitrogen and oxygen atoms in total. The summed E-state index contributed by atoms with van der Waals surface area (Å²) in [6.45, 7) is 0. The highest BCUT2D eigenvalue weighted by Crippen LogP contribution is 2.32. The fourth-order valence-electron chi connectivity index (χ4n) is 1.02. The maximum absolute atomic E-state index is 10.5. The zero-order valence-corrected chi connectivity index (χ0v) is 9.61. The van der Waals surface area contributed by atoms with Crippen molar-refractivity contribution in [2.45, 2.75) is 0 Å². The number of halogens is 1. The molecule has 0 atom stereocenters. The summed E-state index contributed by atoms with van der Waals surface area (Å²) in [7, 11) is 1.46. The number of hydrogen-bond acceptors (Lipinski definition) is 3. The van der Waals surface area contributed by atoms with Gasteiger partial charge in [-0.15, -0.1) is 0 Å². The van der Waals surface area contributed by atoms with Crippen LogP contribution in [0.5, 0.6) is 11.5 Å². The molecule has 3 N–H and O–H groups in total. The SMILES string of the molecule is COc1cc(Br)c(/C=C\C(N)=O)cc1O. The second kappa shape index (κ2) is 4.84. The molecule has 0 aliphatic heterocycles. The predicted octanol–water partition coefficient (Wildman–Crippen LogP) is 1.66. The van der Waals surface area contributed by atoms with E-state index in [4.69, 9.17) is 10.5 Å². The molecule has 5 heteroatoms. The Morgan fingerprint density at radius 2 is 2.27 bits per heavy atom. The maximum Gasteiger partial charge on any atom is 0.241 e. The van der Waals surface area contributed by atoms with Crippen molar-refractivity contribution in [2.75, 3.05) is 7.11 Å². The summed E-state index contributed by atoms with van der Waals surface area (Å²) < 4.78 is 5.61. The normalized spacial score (nSPS) is 10.5. The van der Waals surface area contributed by atoms with Gasteiger partial charge in [0.1, 0.15) is 0 Å². The molecule has 1 rings (SSSR count). The molecule has 1 aromatic carbocycles. The van der Waals surface area contributed by atoms with E-state index in [2.05, 4.69) is 15.9 Å². The van der Waals surface area contributed by atoms with Gasteiger partial charge in [-0.25, -0.2) is 0 Å². The average molecular weight is 272 g/mol. The van der Waals surface area contributed by atoms with Crippen molar-refractivity contribution < 1.29 is 14.6 Å². The molecule has 1 aromatic rings. The first-order chi connectivity index (χ1) is 7.04. The van der Waals surface area contributed by atoms with Crippen LogP contribution in [-0.4, -0.2) is 18.1 Å². The van der Waals surface area contributed by atoms with E-state index in [1.165, 1.54) is 25.3 Å². The van der Waals surface area contributed by atoms with Crippen LogP contribution in [0.2, 0.25) is 0 Å². The number of carbonyl (C=O) groups excluding carboxylic acids is 1. The van der Waals surface area contributed by atoms with Gasteiger partial charge in [0.25, 0.3) is 0 Å². The molecule has 0 aromatic heterocycles. The standard InChI is InChI=1S/C10H10BrNO3/c1-15-9-5-7(11)6(4-8(9)13)2-3-10(12)14/h2-5,13H,1H3,(H2,12,14)/b3-2-. The van der Waals surface area contributed by atoms with E-state index < -0.39 is 5.91 Å². The van der Waals surface area contributed by atoms with Crippen LogP contribution in [-0.2, 0) is 4.79 Å². The number of phenolic OH excluding ortho intramolecular Hbond substituents is 1. The second-order valence-electron chi connectivity index (χ2n) is 2.78. The predicted molar refractivity (Wildman–Crippen MR) is 60.6 cm³/mol. The van der Waals surface area contributed by atoms with Crippen LogP contribution in [0.4, 0.5) is 0 Å². The number of amides is 1. The minimum absolute atomic E-state index is 0.00446. The average Bonchev–Trinajstić information content (AvgIpc) is 2.18. The van der Waals surface area contributed by atoms with E-state index >= 15 is 0 Å². The third kappa shape index (κ3) is 2.99. The molecule has 0 aliphatic rings. The molecule has 0 heterocycles. The van der Waals surface area contributed by atoms with Crippen LogP contribution >= 0.6 is 15.9 Å². The summed E-state index contributed by atoms with van der Waals surface area (Å²) in [6, 6.07) is 3.08. The number of hydrogen-bond donors (Lipinski definition) is 2. The summed E-state index contributed by atoms with van der Waals surface area (Å²) >= 11 is 3.28. The lowest BCUT2D eigenvalue weighted by atomic mass is 10.2. The van der Waals surface area contributed by atoms with Gasteiger partial charge >= 0.3 is 0 Å². The minimum Gasteiger partial charge on any atom is -0.504 e. The molecule has 0 fully saturated rings. The summed E-state index contributed by atoms with van der Waals surface area (Å²) in [5, 5.41) is 9.49. The number of primary amides is 1. The topological polar surface area (TPSA) is 72.5 Å². The molecule has 0 unspecified atom stereocenters. The number of methoxy groups -OCH3 is 1. The van der Waals surface area contributed by atoms with Gasteiger partial charge in [-0.05, 0) is 23.8 Å². The van der Waals surface area contributed by atoms with Crippen LogP contribution in [0.3, 0.4) is 0 Å². The molecule has 80 valence electrons. The van der Waals surface area contributed by atoms with Gasteiger partial charge in [-0.2, -0.15) is 0 Å². The zero-order chi connectivity index (χ0) is 11.4. The molecule has 0 saturated carbocycles. The Bertz CT molecular complexity index is 415. The molecule has 1 amide bonds. The number of nitrogens with two attached hydrogens (primary N) is 1. The van der Waals surface area contributed by atoms with Gasteiger partial charge < -0.3 is 15.6 Å². The van der Waals surface area contributed by atoms with Gasteiger partial charge in [0.2, 0.25) is 5.91 Å². The monoisotopic (exact) mass is 271 g/mol. The zero-order valence-electron chi connectivity index (χ0n) is 8.03. The number of carbonyl (C=O) groups is 1. The highest BCUT2D eigenvalue weighted by molar-refractivity contribution is 9.10. The van der Waals surface area contributed by atoms with Crippen molar-refractivity contribution in [3.63, 3.8) is 0 Å². The van der Waals surface area contributed by atoms with E-state index in [1.54, 1.807) is 6.07 Å². The van der Waals surface area contributed by atoms with E-state index in [0.717, 1.165) is 0 Å². The van der Waals surface area contributed by atoms with E-state index in [0.29, 0.717) is 15.8 Å². The molecule has 0 radical (unpaired) electrons. The lowest BCUT2D eigenvalue weighted by Crippen LogP contribution is -2.05. The van der Waals surface area contributed by atoms with Crippen molar-refractivity contribution in [1.82, 2.24) is 0 Å². The second-order valence-corrected chi connectivity index (χ2v) is 3.64. The molecule has 0 saturated heterocycles. The highest BCUT2D eigenvalue weighted by atomic mass is 79.9. The largest absolute Gasteiger partial charge is 0.504 e. The van der Waals surface area contributed by atoms with E-state index in [1.807, 2.05) is 0 Å². The van der Waals surface area contributed by atoms with E-state index in [-0.39, 0.29) is 5.75 Å². The molecule has 0 spiro atoms. The van der Waals surface area contributed by atoms with Crippen LogP contribution in [0, 0.1) is 0 Å². The van der Waals surface area contributed by atoms with E-state index in [9.17, 15) is 9.90 Å². The van der Waals surface area contributed by atoms with Crippen molar-refractivity contribution in [3.05, 3.63) is 28.2 Å². The van der Waals surface area contributed by atoms with Gasteiger partial charge in [0, 0.05) is 10.5 Å². The third-order valence-electron chi connectivity index (χ3n) is 1.73. The Hall–Kier alpha value is -1.49. The van der Waals surface area contributed by atoms with Crippen molar-refractivity contribution in [1.29, 1.82) is 0 Å². The number of aromatic hydroxyl groups is 1. The van der Waals surface area contributed by atoms with Crippen molar-refractivity contribution in [2.24, 2.45) is 5.73 Å². The van der Waals surface area contributed by atoms with Crippen molar-refractivity contribution >= 4 is 27.9 Å². The summed E-state index contributed by atoms with van der Waals surface area (Å²) in [5.41, 5.74) is 5.60. The third-order valence-corrected chi connectivity index (χ3v) is 2.41. The molecular formula is C10H10BrNO3. The molecule has 0 bridgehead atoms. The van der Waals surface area contributed by atoms with Crippen LogP contribution < -0.4 is 10.5 Å². The number of rotatable bonds is 3. The molecule has 0 aliphatic carbocycles. The Kier molecular flexibility index (Phi) is 3.74. The summed E-state index contributed by atoms with van der Waals surface area (Å²) in [4.78, 5) is 10.5. The quantitative estimate of drug-likeness (QED) is 0.822. The van der Waals surface area contributed by atoms with Crippen LogP contribution in [0.25, 0.3) is 6.08 Å². The fraction of sp³-hybridized carbons (Fsp3) is 0.100. The maximum atomic E-state index is 10.5. The van der Waals surface area contributed by atoms with Gasteiger partial charge in [-0.3, -0.25) is 4.79 Å². The Morgan fingerprint density at radius 1 is 1.60 bits per heavy atom. The first-order valence-corrected chi connectivity index (χ1v) is 4.88. The number of phenols is 1. The molecular weight excluding hydrogens is 262 g/mol.